The van der Waals surface area contributed by atoms with Gasteiger partial charge in [-0.05, 0) is 19.8 Å². The van der Waals surface area contributed by atoms with E-state index >= 15 is 0 Å². The third-order valence-corrected chi connectivity index (χ3v) is 4.32. The van der Waals surface area contributed by atoms with Crippen LogP contribution in [0.3, 0.4) is 0 Å². The summed E-state index contributed by atoms with van der Waals surface area (Å²) >= 11 is 0. The maximum atomic E-state index is 12.1. The van der Waals surface area contributed by atoms with E-state index in [4.69, 9.17) is 4.74 Å². The van der Waals surface area contributed by atoms with E-state index < -0.39 is 27.2 Å². The molecule has 1 aliphatic heterocycles. The van der Waals surface area contributed by atoms with Crippen LogP contribution in [0.5, 0.6) is 0 Å². The molecule has 11 nitrogen and oxygen atoms in total. The predicted octanol–water partition coefficient (Wildman–Crippen LogP) is 2.07. The fourth-order valence-corrected chi connectivity index (χ4v) is 3.05. The van der Waals surface area contributed by atoms with Crippen LogP contribution < -0.4 is 4.90 Å². The minimum atomic E-state index is -0.913. The Kier molecular flexibility index (Phi) is 6.27. The number of hydrogen-bond acceptors (Lipinski definition) is 9. The topological polar surface area (TPSA) is 142 Å². The molecule has 11 heteroatoms. The number of carbonyl (C=O) groups excluding carboxylic acids is 2. The molecule has 146 valence electrons. The first-order valence-corrected chi connectivity index (χ1v) is 8.26. The van der Waals surface area contributed by atoms with Crippen molar-refractivity contribution in [1.82, 2.24) is 0 Å². The number of anilines is 1. The van der Waals surface area contributed by atoms with Crippen molar-refractivity contribution in [3.05, 3.63) is 37.9 Å². The molecule has 0 bridgehead atoms. The second-order valence-corrected chi connectivity index (χ2v) is 5.88. The zero-order valence-corrected chi connectivity index (χ0v) is 14.9. The van der Waals surface area contributed by atoms with E-state index in [0.29, 0.717) is 12.8 Å². The summed E-state index contributed by atoms with van der Waals surface area (Å²) in [5.41, 5.74) is -1.43. The zero-order chi connectivity index (χ0) is 20.1. The minimum Gasteiger partial charge on any atom is -0.466 e. The van der Waals surface area contributed by atoms with Crippen molar-refractivity contribution in [2.24, 2.45) is 5.92 Å². The molecule has 1 aromatic rings. The van der Waals surface area contributed by atoms with E-state index in [1.54, 1.807) is 11.8 Å². The number of piperidine rings is 1. The van der Waals surface area contributed by atoms with Gasteiger partial charge in [-0.1, -0.05) is 0 Å². The van der Waals surface area contributed by atoms with Crippen LogP contribution in [0, 0.1) is 26.1 Å². The summed E-state index contributed by atoms with van der Waals surface area (Å²) in [6, 6.07) is 1.78. The first-order chi connectivity index (χ1) is 12.8. The van der Waals surface area contributed by atoms with Crippen molar-refractivity contribution < 1.29 is 28.9 Å². The molecular weight excluding hydrogens is 362 g/mol. The van der Waals surface area contributed by atoms with Gasteiger partial charge in [-0.3, -0.25) is 25.0 Å². The smallest absolute Gasteiger partial charge is 0.340 e. The molecule has 0 spiro atoms. The van der Waals surface area contributed by atoms with Crippen LogP contribution >= 0.6 is 0 Å². The summed E-state index contributed by atoms with van der Waals surface area (Å²) < 4.78 is 9.63. The van der Waals surface area contributed by atoms with Crippen molar-refractivity contribution in [3.63, 3.8) is 0 Å². The number of non-ortho nitro benzene ring substituents is 1. The highest BCUT2D eigenvalue weighted by Gasteiger charge is 2.34. The predicted molar refractivity (Wildman–Crippen MR) is 92.7 cm³/mol. The van der Waals surface area contributed by atoms with Crippen molar-refractivity contribution >= 4 is 29.0 Å². The number of carbonyl (C=O) groups is 2. The first-order valence-electron chi connectivity index (χ1n) is 8.26. The number of benzene rings is 1. The highest BCUT2D eigenvalue weighted by molar-refractivity contribution is 5.99. The minimum absolute atomic E-state index is 0.0419. The number of ether oxygens (including phenoxy) is 2. The van der Waals surface area contributed by atoms with Gasteiger partial charge in [-0.25, -0.2) is 4.79 Å². The fourth-order valence-electron chi connectivity index (χ4n) is 3.05. The summed E-state index contributed by atoms with van der Waals surface area (Å²) in [6.07, 6.45) is 0.765. The van der Waals surface area contributed by atoms with Gasteiger partial charge in [0.05, 0.1) is 41.1 Å². The van der Waals surface area contributed by atoms with E-state index in [-0.39, 0.29) is 42.8 Å². The number of nitro benzene ring substituents is 2. The quantitative estimate of drug-likeness (QED) is 0.411. The Morgan fingerprint density at radius 2 is 1.81 bits per heavy atom. The van der Waals surface area contributed by atoms with Gasteiger partial charge < -0.3 is 14.4 Å². The Bertz CT molecular complexity index is 771. The average Bonchev–Trinajstić information content (AvgIpc) is 2.66. The molecule has 1 saturated heterocycles. The Labute approximate surface area is 154 Å². The number of nitro groups is 2. The van der Waals surface area contributed by atoms with Gasteiger partial charge in [0.25, 0.3) is 11.4 Å². The van der Waals surface area contributed by atoms with Crippen LogP contribution in [-0.4, -0.2) is 48.6 Å². The Balaban J connectivity index is 2.43. The molecule has 2 rings (SSSR count). The standard InChI is InChI=1S/C16H19N3O8/c1-3-27-15(20)10-4-6-17(7-5-10)14-12(16(21)26-2)8-11(18(22)23)9-13(14)19(24)25/h8-10H,3-7H2,1-2H3. The molecule has 0 N–H and O–H groups in total. The van der Waals surface area contributed by atoms with E-state index in [1.807, 2.05) is 0 Å². The summed E-state index contributed by atoms with van der Waals surface area (Å²) in [5.74, 6) is -1.58. The monoisotopic (exact) mass is 381 g/mol. The maximum absolute atomic E-state index is 12.1. The van der Waals surface area contributed by atoms with E-state index in [2.05, 4.69) is 4.74 Å². The number of methoxy groups -OCH3 is 1. The van der Waals surface area contributed by atoms with Crippen LogP contribution in [0.2, 0.25) is 0 Å². The summed E-state index contributed by atoms with van der Waals surface area (Å²) in [7, 11) is 1.09. The largest absolute Gasteiger partial charge is 0.466 e. The third kappa shape index (κ3) is 4.30. The van der Waals surface area contributed by atoms with Crippen molar-refractivity contribution in [2.75, 3.05) is 31.7 Å². The molecule has 0 radical (unpaired) electrons. The molecule has 0 aliphatic carbocycles. The van der Waals surface area contributed by atoms with Crippen LogP contribution in [-0.2, 0) is 14.3 Å². The molecule has 0 saturated carbocycles. The summed E-state index contributed by atoms with van der Waals surface area (Å²) in [6.45, 7) is 2.48. The molecule has 1 fully saturated rings. The van der Waals surface area contributed by atoms with Crippen LogP contribution in [0.15, 0.2) is 12.1 Å². The number of nitrogens with zero attached hydrogens (tertiary/aromatic N) is 3. The normalized spacial score (nSPS) is 14.5. The van der Waals surface area contributed by atoms with Gasteiger partial charge in [0.1, 0.15) is 5.69 Å². The Morgan fingerprint density at radius 1 is 1.19 bits per heavy atom. The van der Waals surface area contributed by atoms with Gasteiger partial charge >= 0.3 is 11.9 Å². The van der Waals surface area contributed by atoms with Gasteiger partial charge in [0.2, 0.25) is 0 Å². The molecule has 0 aromatic heterocycles. The van der Waals surface area contributed by atoms with E-state index in [1.165, 1.54) is 0 Å². The molecule has 1 aliphatic rings. The first kappa shape index (κ1) is 20.1. The van der Waals surface area contributed by atoms with Crippen molar-refractivity contribution in [2.45, 2.75) is 19.8 Å². The molecule has 1 heterocycles. The SMILES string of the molecule is CCOC(=O)C1CCN(c2c(C(=O)OC)cc([N+](=O)[O-])cc2[N+](=O)[O-])CC1. The van der Waals surface area contributed by atoms with Gasteiger partial charge in [0, 0.05) is 19.2 Å². The highest BCUT2D eigenvalue weighted by atomic mass is 16.6. The lowest BCUT2D eigenvalue weighted by atomic mass is 9.95. The summed E-state index contributed by atoms with van der Waals surface area (Å²) in [4.78, 5) is 46.5. The maximum Gasteiger partial charge on any atom is 0.340 e. The Morgan fingerprint density at radius 3 is 2.30 bits per heavy atom. The van der Waals surface area contributed by atoms with Crippen LogP contribution in [0.1, 0.15) is 30.1 Å². The van der Waals surface area contributed by atoms with Crippen LogP contribution in [0.4, 0.5) is 17.1 Å². The van der Waals surface area contributed by atoms with Gasteiger partial charge in [-0.2, -0.15) is 0 Å². The van der Waals surface area contributed by atoms with Gasteiger partial charge in [-0.15, -0.1) is 0 Å². The zero-order valence-electron chi connectivity index (χ0n) is 14.9. The van der Waals surface area contributed by atoms with Crippen molar-refractivity contribution in [3.8, 4) is 0 Å². The molecule has 1 aromatic carbocycles. The molecular formula is C16H19N3O8. The Hall–Kier alpha value is -3.24. The second kappa shape index (κ2) is 8.43. The van der Waals surface area contributed by atoms with Crippen molar-refractivity contribution in [1.29, 1.82) is 0 Å². The lowest BCUT2D eigenvalue weighted by molar-refractivity contribution is -0.393. The molecule has 0 atom stereocenters. The number of rotatable bonds is 6. The molecule has 0 amide bonds. The lowest BCUT2D eigenvalue weighted by Gasteiger charge is -2.33. The molecule has 27 heavy (non-hydrogen) atoms. The third-order valence-electron chi connectivity index (χ3n) is 4.32. The average molecular weight is 381 g/mol. The van der Waals surface area contributed by atoms with Gasteiger partial charge in [0.15, 0.2) is 0 Å². The lowest BCUT2D eigenvalue weighted by Crippen LogP contribution is -2.38. The number of hydrogen-bond donors (Lipinski definition) is 0. The summed E-state index contributed by atoms with van der Waals surface area (Å²) in [5, 5.41) is 22.6. The number of esters is 2. The highest BCUT2D eigenvalue weighted by Crippen LogP contribution is 2.38. The fraction of sp³-hybridized carbons (Fsp3) is 0.500. The molecule has 0 unspecified atom stereocenters. The van der Waals surface area contributed by atoms with Crippen LogP contribution in [0.25, 0.3) is 0 Å². The van der Waals surface area contributed by atoms with E-state index in [9.17, 15) is 29.8 Å². The second-order valence-electron chi connectivity index (χ2n) is 5.88. The van der Waals surface area contributed by atoms with E-state index in [0.717, 1.165) is 19.2 Å².